The molecule has 2 aromatic rings. The van der Waals surface area contributed by atoms with Gasteiger partial charge in [0.25, 0.3) is 5.91 Å². The first-order valence-electron chi connectivity index (χ1n) is 7.48. The van der Waals surface area contributed by atoms with Crippen molar-refractivity contribution in [3.8, 4) is 5.75 Å². The fourth-order valence-electron chi connectivity index (χ4n) is 2.39. The lowest BCUT2D eigenvalue weighted by atomic mass is 9.96. The van der Waals surface area contributed by atoms with Gasteiger partial charge in [-0.05, 0) is 24.1 Å². The molecule has 1 atom stereocenters. The Kier molecular flexibility index (Phi) is 6.09. The number of carbonyl (C=O) groups excluding carboxylic acids is 1. The van der Waals surface area contributed by atoms with E-state index in [1.54, 1.807) is 12.1 Å². The summed E-state index contributed by atoms with van der Waals surface area (Å²) in [5.74, 6) is -0.369. The zero-order chi connectivity index (χ0) is 16.7. The first-order valence-corrected chi connectivity index (χ1v) is 7.48. The highest BCUT2D eigenvalue weighted by Crippen LogP contribution is 2.21. The summed E-state index contributed by atoms with van der Waals surface area (Å²) >= 11 is 0. The van der Waals surface area contributed by atoms with Crippen LogP contribution in [0.25, 0.3) is 0 Å². The Hall–Kier alpha value is -2.43. The third-order valence-electron chi connectivity index (χ3n) is 3.62. The van der Waals surface area contributed by atoms with Crippen LogP contribution in [0.15, 0.2) is 54.6 Å². The fraction of sp³-hybridized carbons (Fsp3) is 0.278. The number of carbonyl (C=O) groups is 1. The van der Waals surface area contributed by atoms with E-state index >= 15 is 0 Å². The van der Waals surface area contributed by atoms with E-state index in [1.165, 1.54) is 12.1 Å². The van der Waals surface area contributed by atoms with Crippen molar-refractivity contribution in [3.05, 3.63) is 65.7 Å². The van der Waals surface area contributed by atoms with E-state index in [0.29, 0.717) is 6.54 Å². The Morgan fingerprint density at radius 2 is 1.74 bits per heavy atom. The van der Waals surface area contributed by atoms with E-state index in [-0.39, 0.29) is 17.2 Å². The average Bonchev–Trinajstić information content (AvgIpc) is 2.56. The number of halogens is 2. The number of rotatable bonds is 7. The predicted molar refractivity (Wildman–Crippen MR) is 84.9 cm³/mol. The fourth-order valence-corrected chi connectivity index (χ4v) is 2.39. The highest BCUT2D eigenvalue weighted by Gasteiger charge is 2.17. The number of ether oxygens (including phenoxy) is 1. The Labute approximate surface area is 134 Å². The molecule has 0 aliphatic rings. The van der Waals surface area contributed by atoms with Crippen molar-refractivity contribution >= 4 is 5.91 Å². The average molecular weight is 319 g/mol. The normalized spacial score (nSPS) is 12.0. The van der Waals surface area contributed by atoms with Gasteiger partial charge in [-0.1, -0.05) is 49.4 Å². The number of benzene rings is 2. The van der Waals surface area contributed by atoms with Crippen molar-refractivity contribution < 1.29 is 18.3 Å². The molecule has 0 saturated heterocycles. The highest BCUT2D eigenvalue weighted by atomic mass is 19.3. The summed E-state index contributed by atoms with van der Waals surface area (Å²) in [6.07, 6.45) is 0.861. The lowest BCUT2D eigenvalue weighted by Crippen LogP contribution is -2.28. The summed E-state index contributed by atoms with van der Waals surface area (Å²) in [5.41, 5.74) is 1.24. The molecule has 0 bridgehead atoms. The van der Waals surface area contributed by atoms with E-state index in [0.717, 1.165) is 12.0 Å². The highest BCUT2D eigenvalue weighted by molar-refractivity contribution is 5.96. The van der Waals surface area contributed by atoms with Crippen molar-refractivity contribution in [2.75, 3.05) is 6.54 Å². The summed E-state index contributed by atoms with van der Waals surface area (Å²) < 4.78 is 29.2. The van der Waals surface area contributed by atoms with Crippen LogP contribution >= 0.6 is 0 Å². The molecule has 0 aliphatic carbocycles. The van der Waals surface area contributed by atoms with Crippen LogP contribution in [0.4, 0.5) is 8.78 Å². The lowest BCUT2D eigenvalue weighted by Gasteiger charge is -2.17. The zero-order valence-electron chi connectivity index (χ0n) is 12.8. The molecule has 2 rings (SSSR count). The minimum absolute atomic E-state index is 0.107. The summed E-state index contributed by atoms with van der Waals surface area (Å²) in [4.78, 5) is 12.3. The molecule has 1 N–H and O–H groups in total. The van der Waals surface area contributed by atoms with E-state index in [9.17, 15) is 13.6 Å². The molecule has 0 spiro atoms. The van der Waals surface area contributed by atoms with E-state index in [4.69, 9.17) is 0 Å². The summed E-state index contributed by atoms with van der Waals surface area (Å²) in [5, 5.41) is 2.80. The van der Waals surface area contributed by atoms with Gasteiger partial charge in [0.1, 0.15) is 5.75 Å². The van der Waals surface area contributed by atoms with Gasteiger partial charge in [-0.15, -0.1) is 0 Å². The van der Waals surface area contributed by atoms with E-state index in [1.807, 2.05) is 37.3 Å². The monoisotopic (exact) mass is 319 g/mol. The molecular weight excluding hydrogens is 300 g/mol. The molecule has 122 valence electrons. The molecule has 0 aliphatic heterocycles. The minimum atomic E-state index is -2.96. The quantitative estimate of drug-likeness (QED) is 0.830. The number of hydrogen-bond acceptors (Lipinski definition) is 2. The molecular formula is C18H19F2NO2. The van der Waals surface area contributed by atoms with Crippen LogP contribution in [-0.4, -0.2) is 19.1 Å². The maximum Gasteiger partial charge on any atom is 0.387 e. The second-order valence-electron chi connectivity index (χ2n) is 5.10. The van der Waals surface area contributed by atoms with Crippen molar-refractivity contribution in [1.29, 1.82) is 0 Å². The van der Waals surface area contributed by atoms with Crippen molar-refractivity contribution in [2.45, 2.75) is 25.9 Å². The van der Waals surface area contributed by atoms with Crippen molar-refractivity contribution in [2.24, 2.45) is 0 Å². The summed E-state index contributed by atoms with van der Waals surface area (Å²) in [6, 6.07) is 15.8. The number of alkyl halides is 2. The van der Waals surface area contributed by atoms with Crippen LogP contribution in [0.5, 0.6) is 5.75 Å². The first kappa shape index (κ1) is 16.9. The number of hydrogen-bond donors (Lipinski definition) is 1. The lowest BCUT2D eigenvalue weighted by molar-refractivity contribution is -0.0501. The Balaban J connectivity index is 2.04. The minimum Gasteiger partial charge on any atom is -0.434 e. The van der Waals surface area contributed by atoms with Gasteiger partial charge in [-0.2, -0.15) is 8.78 Å². The second kappa shape index (κ2) is 8.27. The molecule has 3 nitrogen and oxygen atoms in total. The third-order valence-corrected chi connectivity index (χ3v) is 3.62. The van der Waals surface area contributed by atoms with Gasteiger partial charge in [-0.3, -0.25) is 4.79 Å². The Morgan fingerprint density at radius 3 is 2.39 bits per heavy atom. The molecule has 2 aromatic carbocycles. The van der Waals surface area contributed by atoms with Gasteiger partial charge in [0.15, 0.2) is 0 Å². The number of para-hydroxylation sites is 1. The summed E-state index contributed by atoms with van der Waals surface area (Å²) in [6.45, 7) is -0.489. The first-order chi connectivity index (χ1) is 11.1. The third kappa shape index (κ3) is 4.77. The van der Waals surface area contributed by atoms with E-state index in [2.05, 4.69) is 10.1 Å². The molecule has 0 unspecified atom stereocenters. The predicted octanol–water partition coefficient (Wildman–Crippen LogP) is 4.21. The van der Waals surface area contributed by atoms with Gasteiger partial charge < -0.3 is 10.1 Å². The van der Waals surface area contributed by atoms with Crippen LogP contribution in [0, 0.1) is 0 Å². The SMILES string of the molecule is CC[C@@H](CNC(=O)c1ccccc1OC(F)F)c1ccccc1. The largest absolute Gasteiger partial charge is 0.434 e. The van der Waals surface area contributed by atoms with Gasteiger partial charge in [-0.25, -0.2) is 0 Å². The van der Waals surface area contributed by atoms with Crippen LogP contribution in [0.3, 0.4) is 0 Å². The van der Waals surface area contributed by atoms with Crippen LogP contribution in [0.2, 0.25) is 0 Å². The van der Waals surface area contributed by atoms with Gasteiger partial charge in [0, 0.05) is 12.5 Å². The molecule has 0 aromatic heterocycles. The molecule has 1 amide bonds. The number of amides is 1. The molecule has 5 heteroatoms. The second-order valence-corrected chi connectivity index (χ2v) is 5.10. The van der Waals surface area contributed by atoms with Crippen LogP contribution in [-0.2, 0) is 0 Å². The number of nitrogens with one attached hydrogen (secondary N) is 1. The van der Waals surface area contributed by atoms with Gasteiger partial charge >= 0.3 is 6.61 Å². The Morgan fingerprint density at radius 1 is 1.09 bits per heavy atom. The maximum absolute atomic E-state index is 12.4. The van der Waals surface area contributed by atoms with Gasteiger partial charge in [0.2, 0.25) is 0 Å². The smallest absolute Gasteiger partial charge is 0.387 e. The standard InChI is InChI=1S/C18H19F2NO2/c1-2-13(14-8-4-3-5-9-14)12-21-17(22)15-10-6-7-11-16(15)23-18(19)20/h3-11,13,18H,2,12H2,1H3,(H,21,22)/t13-/m0/s1. The summed E-state index contributed by atoms with van der Waals surface area (Å²) in [7, 11) is 0. The Bertz CT molecular complexity index is 632. The maximum atomic E-state index is 12.4. The molecule has 0 fully saturated rings. The molecule has 23 heavy (non-hydrogen) atoms. The topological polar surface area (TPSA) is 38.3 Å². The van der Waals surface area contributed by atoms with Crippen LogP contribution < -0.4 is 10.1 Å². The molecule has 0 radical (unpaired) electrons. The zero-order valence-corrected chi connectivity index (χ0v) is 12.8. The van der Waals surface area contributed by atoms with Gasteiger partial charge in [0.05, 0.1) is 5.56 Å². The molecule has 0 saturated carbocycles. The van der Waals surface area contributed by atoms with Crippen molar-refractivity contribution in [1.82, 2.24) is 5.32 Å². The van der Waals surface area contributed by atoms with Crippen molar-refractivity contribution in [3.63, 3.8) is 0 Å². The molecule has 0 heterocycles. The van der Waals surface area contributed by atoms with Crippen LogP contribution in [0.1, 0.15) is 35.2 Å². The van der Waals surface area contributed by atoms with E-state index < -0.39 is 12.5 Å².